The molecule has 2 aromatic heterocycles. The normalized spacial score (nSPS) is 11.4. The maximum absolute atomic E-state index is 13.0. The fraction of sp³-hybridized carbons (Fsp3) is 0.227. The second-order valence-corrected chi connectivity index (χ2v) is 7.81. The van der Waals surface area contributed by atoms with Gasteiger partial charge in [-0.25, -0.2) is 9.97 Å². The summed E-state index contributed by atoms with van der Waals surface area (Å²) in [5, 5.41) is 3.35. The molecule has 0 aliphatic rings. The number of aromatic nitrogens is 3. The Bertz CT molecular complexity index is 1270. The number of nitrogen functional groups attached to an aromatic ring is 1. The first kappa shape index (κ1) is 20.0. The summed E-state index contributed by atoms with van der Waals surface area (Å²) in [6.45, 7) is 4.58. The molecule has 0 bridgehead atoms. The van der Waals surface area contributed by atoms with Crippen LogP contribution < -0.4 is 15.8 Å². The molecule has 0 spiro atoms. The van der Waals surface area contributed by atoms with Crippen molar-refractivity contribution in [3.8, 4) is 11.4 Å². The van der Waals surface area contributed by atoms with Gasteiger partial charge in [0.05, 0.1) is 28.9 Å². The van der Waals surface area contributed by atoms with Crippen LogP contribution in [0.15, 0.2) is 42.5 Å². The molecule has 2 aromatic carbocycles. The lowest BCUT2D eigenvalue weighted by molar-refractivity contribution is 0.0951. The molecule has 0 fully saturated rings. The zero-order chi connectivity index (χ0) is 21.4. The van der Waals surface area contributed by atoms with Gasteiger partial charge in [-0.05, 0) is 36.2 Å². The monoisotopic (exact) mass is 423 g/mol. The van der Waals surface area contributed by atoms with Gasteiger partial charge in [-0.1, -0.05) is 37.6 Å². The Morgan fingerprint density at radius 1 is 1.20 bits per heavy atom. The molecule has 0 saturated carbocycles. The highest BCUT2D eigenvalue weighted by Gasteiger charge is 2.25. The minimum atomic E-state index is -0.283. The van der Waals surface area contributed by atoms with Crippen LogP contribution in [0.2, 0.25) is 5.02 Å². The third kappa shape index (κ3) is 3.41. The lowest BCUT2D eigenvalue weighted by Gasteiger charge is -2.11. The predicted molar refractivity (Wildman–Crippen MR) is 120 cm³/mol. The number of nitrogens with two attached hydrogens (primary N) is 1. The van der Waals surface area contributed by atoms with Crippen LogP contribution in [-0.4, -0.2) is 34.1 Å². The highest BCUT2D eigenvalue weighted by molar-refractivity contribution is 6.32. The summed E-state index contributed by atoms with van der Waals surface area (Å²) < 4.78 is 6.94. The number of benzene rings is 2. The topological polar surface area (TPSA) is 95.1 Å². The van der Waals surface area contributed by atoms with Crippen molar-refractivity contribution in [3.05, 3.63) is 53.1 Å². The highest BCUT2D eigenvalue weighted by Crippen LogP contribution is 2.34. The summed E-state index contributed by atoms with van der Waals surface area (Å²) in [6.07, 6.45) is 0. The van der Waals surface area contributed by atoms with E-state index in [0.29, 0.717) is 56.7 Å². The molecular formula is C22H22ClN5O2. The first-order valence-electron chi connectivity index (χ1n) is 9.59. The summed E-state index contributed by atoms with van der Waals surface area (Å²) in [5.41, 5.74) is 9.78. The molecule has 3 N–H and O–H groups in total. The Balaban J connectivity index is 1.99. The van der Waals surface area contributed by atoms with Crippen molar-refractivity contribution < 1.29 is 9.53 Å². The number of ether oxygens (including phenoxy) is 1. The van der Waals surface area contributed by atoms with Crippen LogP contribution in [0.1, 0.15) is 24.2 Å². The minimum absolute atomic E-state index is 0.253. The SMILES string of the molecule is COc1ccc(-n2c(N)c(C(=O)NCC(C)C)c3nc4ccccc4nc32)cc1Cl. The summed E-state index contributed by atoms with van der Waals surface area (Å²) in [6, 6.07) is 12.8. The van der Waals surface area contributed by atoms with Gasteiger partial charge in [-0.2, -0.15) is 0 Å². The van der Waals surface area contributed by atoms with Crippen molar-refractivity contribution in [3.63, 3.8) is 0 Å². The van der Waals surface area contributed by atoms with Crippen LogP contribution in [-0.2, 0) is 0 Å². The molecule has 4 rings (SSSR count). The van der Waals surface area contributed by atoms with Gasteiger partial charge < -0.3 is 15.8 Å². The van der Waals surface area contributed by atoms with E-state index < -0.39 is 0 Å². The molecule has 2 heterocycles. The molecule has 154 valence electrons. The van der Waals surface area contributed by atoms with E-state index in [2.05, 4.69) is 5.32 Å². The Hall–Kier alpha value is -3.32. The van der Waals surface area contributed by atoms with Crippen LogP contribution in [0.25, 0.3) is 27.9 Å². The quantitative estimate of drug-likeness (QED) is 0.501. The largest absolute Gasteiger partial charge is 0.495 e. The molecule has 0 radical (unpaired) electrons. The highest BCUT2D eigenvalue weighted by atomic mass is 35.5. The number of para-hydroxylation sites is 2. The molecular weight excluding hydrogens is 402 g/mol. The Kier molecular flexibility index (Phi) is 5.22. The molecule has 0 unspecified atom stereocenters. The Morgan fingerprint density at radius 2 is 1.90 bits per heavy atom. The minimum Gasteiger partial charge on any atom is -0.495 e. The number of carbonyl (C=O) groups excluding carboxylic acids is 1. The summed E-state index contributed by atoms with van der Waals surface area (Å²) in [4.78, 5) is 22.5. The number of hydrogen-bond donors (Lipinski definition) is 2. The van der Waals surface area contributed by atoms with Crippen molar-refractivity contribution in [1.82, 2.24) is 19.9 Å². The van der Waals surface area contributed by atoms with Gasteiger partial charge in [0.1, 0.15) is 22.6 Å². The second-order valence-electron chi connectivity index (χ2n) is 7.40. The van der Waals surface area contributed by atoms with Crippen LogP contribution in [0.3, 0.4) is 0 Å². The van der Waals surface area contributed by atoms with Gasteiger partial charge in [0, 0.05) is 6.54 Å². The smallest absolute Gasteiger partial charge is 0.257 e. The average molecular weight is 424 g/mol. The standard InChI is InChI=1S/C22H22ClN5O2/c1-12(2)11-25-22(29)18-19-21(27-16-7-5-4-6-15(16)26-19)28(20(18)24)13-8-9-17(30-3)14(23)10-13/h4-10,12H,11,24H2,1-3H3,(H,25,29). The van der Waals surface area contributed by atoms with Crippen LogP contribution in [0, 0.1) is 5.92 Å². The first-order valence-corrected chi connectivity index (χ1v) is 9.97. The summed E-state index contributed by atoms with van der Waals surface area (Å²) >= 11 is 6.34. The number of rotatable bonds is 5. The van der Waals surface area contributed by atoms with Crippen LogP contribution in [0.4, 0.5) is 5.82 Å². The zero-order valence-electron chi connectivity index (χ0n) is 16.9. The van der Waals surface area contributed by atoms with Crippen molar-refractivity contribution >= 4 is 45.5 Å². The molecule has 0 aliphatic carbocycles. The third-order valence-electron chi connectivity index (χ3n) is 4.79. The number of hydrogen-bond acceptors (Lipinski definition) is 5. The van der Waals surface area contributed by atoms with Crippen molar-refractivity contribution in [2.75, 3.05) is 19.4 Å². The van der Waals surface area contributed by atoms with E-state index in [4.69, 9.17) is 32.0 Å². The van der Waals surface area contributed by atoms with Gasteiger partial charge in [0.25, 0.3) is 5.91 Å². The molecule has 0 atom stereocenters. The van der Waals surface area contributed by atoms with Gasteiger partial charge in [-0.3, -0.25) is 9.36 Å². The average Bonchev–Trinajstić information content (AvgIpc) is 3.01. The number of anilines is 1. The lowest BCUT2D eigenvalue weighted by Crippen LogP contribution is -2.28. The maximum atomic E-state index is 13.0. The van der Waals surface area contributed by atoms with Gasteiger partial charge in [0.15, 0.2) is 5.65 Å². The molecule has 7 nitrogen and oxygen atoms in total. The van der Waals surface area contributed by atoms with E-state index in [9.17, 15) is 4.79 Å². The van der Waals surface area contributed by atoms with Crippen molar-refractivity contribution in [2.45, 2.75) is 13.8 Å². The molecule has 4 aromatic rings. The molecule has 0 saturated heterocycles. The lowest BCUT2D eigenvalue weighted by atomic mass is 10.2. The predicted octanol–water partition coefficient (Wildman–Crippen LogP) is 4.20. The fourth-order valence-electron chi connectivity index (χ4n) is 3.33. The van der Waals surface area contributed by atoms with E-state index in [1.807, 2.05) is 44.2 Å². The van der Waals surface area contributed by atoms with Crippen LogP contribution in [0.5, 0.6) is 5.75 Å². The zero-order valence-corrected chi connectivity index (χ0v) is 17.7. The van der Waals surface area contributed by atoms with Gasteiger partial charge in [-0.15, -0.1) is 0 Å². The molecule has 8 heteroatoms. The summed E-state index contributed by atoms with van der Waals surface area (Å²) in [7, 11) is 1.55. The third-order valence-corrected chi connectivity index (χ3v) is 5.08. The number of halogens is 1. The van der Waals surface area contributed by atoms with Crippen molar-refractivity contribution in [2.24, 2.45) is 5.92 Å². The maximum Gasteiger partial charge on any atom is 0.257 e. The van der Waals surface area contributed by atoms with E-state index in [0.717, 1.165) is 0 Å². The van der Waals surface area contributed by atoms with E-state index >= 15 is 0 Å². The Morgan fingerprint density at radius 3 is 2.53 bits per heavy atom. The number of fused-ring (bicyclic) bond motifs is 2. The van der Waals surface area contributed by atoms with Crippen molar-refractivity contribution in [1.29, 1.82) is 0 Å². The number of methoxy groups -OCH3 is 1. The number of nitrogens with zero attached hydrogens (tertiary/aromatic N) is 3. The number of carbonyl (C=O) groups is 1. The fourth-order valence-corrected chi connectivity index (χ4v) is 3.58. The van der Waals surface area contributed by atoms with Crippen LogP contribution >= 0.6 is 11.6 Å². The second kappa shape index (κ2) is 7.84. The Labute approximate surface area is 178 Å². The molecule has 1 amide bonds. The number of amides is 1. The molecule has 0 aliphatic heterocycles. The van der Waals surface area contributed by atoms with Gasteiger partial charge >= 0.3 is 0 Å². The number of nitrogens with one attached hydrogen (secondary N) is 1. The van der Waals surface area contributed by atoms with E-state index in [1.54, 1.807) is 23.8 Å². The first-order chi connectivity index (χ1) is 14.4. The van der Waals surface area contributed by atoms with Gasteiger partial charge in [0.2, 0.25) is 0 Å². The summed E-state index contributed by atoms with van der Waals surface area (Å²) in [5.74, 6) is 0.814. The van der Waals surface area contributed by atoms with E-state index in [-0.39, 0.29) is 11.7 Å². The molecule has 30 heavy (non-hydrogen) atoms. The van der Waals surface area contributed by atoms with E-state index in [1.165, 1.54) is 0 Å².